The molecule has 0 saturated heterocycles. The highest BCUT2D eigenvalue weighted by atomic mass is 32.1. The summed E-state index contributed by atoms with van der Waals surface area (Å²) in [6, 6.07) is 9.98. The zero-order valence-corrected chi connectivity index (χ0v) is 13.4. The van der Waals surface area contributed by atoms with Crippen molar-refractivity contribution in [2.75, 3.05) is 14.2 Å². The summed E-state index contributed by atoms with van der Waals surface area (Å²) in [5, 5.41) is 2.10. The van der Waals surface area contributed by atoms with Crippen molar-refractivity contribution in [2.45, 2.75) is 6.04 Å². The lowest BCUT2D eigenvalue weighted by molar-refractivity contribution is 0.388. The predicted octanol–water partition coefficient (Wildman–Crippen LogP) is 3.53. The third-order valence-electron chi connectivity index (χ3n) is 3.36. The van der Waals surface area contributed by atoms with Gasteiger partial charge in [-0.3, -0.25) is 5.84 Å². The Hall–Kier alpha value is -1.60. The molecule has 2 heterocycles. The van der Waals surface area contributed by atoms with Crippen molar-refractivity contribution in [3.8, 4) is 11.5 Å². The molecule has 21 heavy (non-hydrogen) atoms. The number of hydrogen-bond donors (Lipinski definition) is 2. The number of fused-ring (bicyclic) bond motifs is 1. The second kappa shape index (κ2) is 6.03. The summed E-state index contributed by atoms with van der Waals surface area (Å²) in [5.41, 5.74) is 3.89. The Morgan fingerprint density at radius 1 is 1.10 bits per heavy atom. The molecule has 1 atom stereocenters. The van der Waals surface area contributed by atoms with Gasteiger partial charge < -0.3 is 9.47 Å². The summed E-state index contributed by atoms with van der Waals surface area (Å²) in [7, 11) is 3.29. The van der Waals surface area contributed by atoms with Crippen molar-refractivity contribution in [2.24, 2.45) is 5.84 Å². The van der Waals surface area contributed by atoms with Crippen LogP contribution in [0.4, 0.5) is 0 Å². The monoisotopic (exact) mass is 320 g/mol. The molecule has 0 spiro atoms. The molecule has 1 aromatic carbocycles. The van der Waals surface area contributed by atoms with Crippen LogP contribution in [0.2, 0.25) is 0 Å². The molecule has 1 unspecified atom stereocenters. The molecule has 0 fully saturated rings. The van der Waals surface area contributed by atoms with Crippen molar-refractivity contribution in [3.63, 3.8) is 0 Å². The van der Waals surface area contributed by atoms with Crippen LogP contribution >= 0.6 is 22.7 Å². The lowest BCUT2D eigenvalue weighted by Gasteiger charge is -2.18. The van der Waals surface area contributed by atoms with Crippen molar-refractivity contribution >= 4 is 32.1 Å². The normalized spacial score (nSPS) is 12.5. The summed E-state index contributed by atoms with van der Waals surface area (Å²) in [6.45, 7) is 0. The van der Waals surface area contributed by atoms with Gasteiger partial charge in [0.05, 0.1) is 20.3 Å². The minimum absolute atomic E-state index is 0.101. The molecule has 4 nitrogen and oxygen atoms in total. The molecule has 0 aliphatic heterocycles. The van der Waals surface area contributed by atoms with Gasteiger partial charge >= 0.3 is 0 Å². The van der Waals surface area contributed by atoms with Gasteiger partial charge in [-0.15, -0.1) is 22.7 Å². The average Bonchev–Trinajstić information content (AvgIpc) is 3.10. The predicted molar refractivity (Wildman–Crippen MR) is 88.4 cm³/mol. The molecule has 0 radical (unpaired) electrons. The molecular formula is C15H16N2O2S2. The molecular weight excluding hydrogens is 304 g/mol. The van der Waals surface area contributed by atoms with Gasteiger partial charge in [-0.2, -0.15) is 0 Å². The van der Waals surface area contributed by atoms with Crippen LogP contribution in [0.1, 0.15) is 16.5 Å². The summed E-state index contributed by atoms with van der Waals surface area (Å²) < 4.78 is 13.3. The number of nitrogens with two attached hydrogens (primary N) is 1. The number of rotatable bonds is 5. The van der Waals surface area contributed by atoms with Gasteiger partial charge in [0.2, 0.25) is 0 Å². The van der Waals surface area contributed by atoms with E-state index < -0.39 is 0 Å². The van der Waals surface area contributed by atoms with E-state index in [0.717, 1.165) is 17.1 Å². The van der Waals surface area contributed by atoms with E-state index in [-0.39, 0.29) is 6.04 Å². The van der Waals surface area contributed by atoms with E-state index in [1.807, 2.05) is 18.2 Å². The maximum absolute atomic E-state index is 5.79. The Balaban J connectivity index is 2.05. The van der Waals surface area contributed by atoms with Crippen molar-refractivity contribution in [1.29, 1.82) is 0 Å². The Morgan fingerprint density at radius 2 is 1.95 bits per heavy atom. The molecule has 2 aromatic heterocycles. The maximum atomic E-state index is 5.79. The zero-order chi connectivity index (χ0) is 14.8. The molecule has 3 aromatic rings. The van der Waals surface area contributed by atoms with Gasteiger partial charge in [0.15, 0.2) is 0 Å². The smallest absolute Gasteiger partial charge is 0.127 e. The van der Waals surface area contributed by atoms with E-state index in [4.69, 9.17) is 15.3 Å². The maximum Gasteiger partial charge on any atom is 0.127 e. The fourth-order valence-electron chi connectivity index (χ4n) is 2.31. The summed E-state index contributed by atoms with van der Waals surface area (Å²) in [6.07, 6.45) is 0. The Labute approximate surface area is 131 Å². The van der Waals surface area contributed by atoms with Crippen molar-refractivity contribution in [1.82, 2.24) is 5.43 Å². The molecule has 110 valence electrons. The third kappa shape index (κ3) is 2.63. The second-order valence-corrected chi connectivity index (χ2v) is 6.57. The fraction of sp³-hybridized carbons (Fsp3) is 0.200. The highest BCUT2D eigenvalue weighted by Crippen LogP contribution is 2.39. The van der Waals surface area contributed by atoms with Crippen LogP contribution in [0.25, 0.3) is 9.40 Å². The first-order valence-corrected chi connectivity index (χ1v) is 8.11. The van der Waals surface area contributed by atoms with E-state index >= 15 is 0 Å². The highest BCUT2D eigenvalue weighted by molar-refractivity contribution is 7.27. The second-order valence-electron chi connectivity index (χ2n) is 4.51. The molecule has 0 amide bonds. The molecule has 0 aliphatic rings. The first kappa shape index (κ1) is 14.3. The molecule has 3 rings (SSSR count). The first-order chi connectivity index (χ1) is 10.3. The number of thiophene rings is 2. The van der Waals surface area contributed by atoms with Gasteiger partial charge in [-0.1, -0.05) is 0 Å². The molecule has 0 bridgehead atoms. The van der Waals surface area contributed by atoms with E-state index in [9.17, 15) is 0 Å². The van der Waals surface area contributed by atoms with Crippen LogP contribution in [-0.4, -0.2) is 14.2 Å². The SMILES string of the molecule is COc1ccc(C(NN)c2cc3sccc3s2)c(OC)c1. The molecule has 0 aliphatic carbocycles. The Morgan fingerprint density at radius 3 is 2.62 bits per heavy atom. The van der Waals surface area contributed by atoms with E-state index in [0.29, 0.717) is 0 Å². The van der Waals surface area contributed by atoms with Crippen molar-refractivity contribution < 1.29 is 9.47 Å². The van der Waals surface area contributed by atoms with Crippen LogP contribution in [0.15, 0.2) is 35.7 Å². The summed E-state index contributed by atoms with van der Waals surface area (Å²) in [4.78, 5) is 1.17. The number of hydrazine groups is 1. The van der Waals surface area contributed by atoms with Gasteiger partial charge in [0, 0.05) is 25.9 Å². The third-order valence-corrected chi connectivity index (χ3v) is 5.52. The lowest BCUT2D eigenvalue weighted by Crippen LogP contribution is -2.28. The number of benzene rings is 1. The zero-order valence-electron chi connectivity index (χ0n) is 11.8. The highest BCUT2D eigenvalue weighted by Gasteiger charge is 2.20. The van der Waals surface area contributed by atoms with Crippen LogP contribution in [0, 0.1) is 0 Å². The number of ether oxygens (including phenoxy) is 2. The van der Waals surface area contributed by atoms with E-state index in [1.54, 1.807) is 36.9 Å². The standard InChI is InChI=1S/C15H16N2O2S2/c1-18-9-3-4-10(11(7-9)19-2)15(17-16)14-8-13-12(21-14)5-6-20-13/h3-8,15,17H,16H2,1-2H3. The lowest BCUT2D eigenvalue weighted by atomic mass is 10.0. The molecule has 3 N–H and O–H groups in total. The van der Waals surface area contributed by atoms with Gasteiger partial charge in [0.25, 0.3) is 0 Å². The van der Waals surface area contributed by atoms with Gasteiger partial charge in [-0.05, 0) is 29.6 Å². The summed E-state index contributed by atoms with van der Waals surface area (Å²) >= 11 is 3.48. The van der Waals surface area contributed by atoms with Crippen molar-refractivity contribution in [3.05, 3.63) is 46.2 Å². The Kier molecular flexibility index (Phi) is 4.12. The average molecular weight is 320 g/mol. The minimum Gasteiger partial charge on any atom is -0.497 e. The largest absolute Gasteiger partial charge is 0.497 e. The first-order valence-electron chi connectivity index (χ1n) is 6.41. The molecule has 0 saturated carbocycles. The fourth-order valence-corrected chi connectivity index (χ4v) is 4.51. The number of nitrogens with one attached hydrogen (secondary N) is 1. The molecule has 6 heteroatoms. The quantitative estimate of drug-likeness (QED) is 0.558. The number of methoxy groups -OCH3 is 2. The van der Waals surface area contributed by atoms with Crippen LogP contribution < -0.4 is 20.7 Å². The Bertz CT molecular complexity index is 723. The van der Waals surface area contributed by atoms with Crippen LogP contribution in [-0.2, 0) is 0 Å². The topological polar surface area (TPSA) is 56.5 Å². The van der Waals surface area contributed by atoms with E-state index in [1.165, 1.54) is 14.3 Å². The minimum atomic E-state index is -0.101. The van der Waals surface area contributed by atoms with E-state index in [2.05, 4.69) is 22.9 Å². The van der Waals surface area contributed by atoms with Gasteiger partial charge in [0.1, 0.15) is 11.5 Å². The number of hydrogen-bond acceptors (Lipinski definition) is 6. The summed E-state index contributed by atoms with van der Waals surface area (Å²) in [5.74, 6) is 7.32. The van der Waals surface area contributed by atoms with Gasteiger partial charge in [-0.25, -0.2) is 5.43 Å². The van der Waals surface area contributed by atoms with Crippen LogP contribution in [0.5, 0.6) is 11.5 Å². The van der Waals surface area contributed by atoms with Crippen LogP contribution in [0.3, 0.4) is 0 Å².